The van der Waals surface area contributed by atoms with Crippen LogP contribution in [0.4, 0.5) is 0 Å². The second-order valence-corrected chi connectivity index (χ2v) is 15.2. The van der Waals surface area contributed by atoms with Gasteiger partial charge in [0.15, 0.2) is 5.82 Å². The highest BCUT2D eigenvalue weighted by Gasteiger charge is 2.19. The molecule has 4 heteroatoms. The van der Waals surface area contributed by atoms with E-state index >= 15 is 0 Å². The molecule has 0 atom stereocenters. The predicted molar refractivity (Wildman–Crippen MR) is 236 cm³/mol. The van der Waals surface area contributed by atoms with Crippen LogP contribution in [0.25, 0.3) is 104 Å². The molecule has 0 spiro atoms. The van der Waals surface area contributed by atoms with Gasteiger partial charge in [-0.1, -0.05) is 152 Å². The van der Waals surface area contributed by atoms with Crippen LogP contribution in [0.15, 0.2) is 200 Å². The molecule has 3 aromatic heterocycles. The fourth-order valence-corrected chi connectivity index (χ4v) is 9.48. The minimum atomic E-state index is 0.709. The third kappa shape index (κ3) is 5.42. The first-order valence-electron chi connectivity index (χ1n) is 18.9. The van der Waals surface area contributed by atoms with E-state index in [1.54, 1.807) is 0 Å². The third-order valence-corrected chi connectivity index (χ3v) is 12.0. The van der Waals surface area contributed by atoms with Gasteiger partial charge in [0.2, 0.25) is 0 Å². The van der Waals surface area contributed by atoms with Gasteiger partial charge in [0.05, 0.1) is 22.4 Å². The molecule has 3 heterocycles. The van der Waals surface area contributed by atoms with Crippen LogP contribution in [0.1, 0.15) is 0 Å². The number of nitrogens with zero attached hydrogens (tertiary/aromatic N) is 3. The van der Waals surface area contributed by atoms with Crippen molar-refractivity contribution in [1.29, 1.82) is 0 Å². The number of rotatable bonds is 6. The first-order chi connectivity index (χ1) is 27.8. The quantitative estimate of drug-likeness (QED) is 0.170. The van der Waals surface area contributed by atoms with Crippen molar-refractivity contribution in [2.45, 2.75) is 0 Å². The number of thiophene rings is 1. The van der Waals surface area contributed by atoms with E-state index in [0.29, 0.717) is 5.82 Å². The van der Waals surface area contributed by atoms with Gasteiger partial charge in [-0.3, -0.25) is 0 Å². The van der Waals surface area contributed by atoms with Crippen LogP contribution in [-0.2, 0) is 0 Å². The summed E-state index contributed by atoms with van der Waals surface area (Å²) in [5.74, 6) is 0.709. The molecule has 0 bridgehead atoms. The van der Waals surface area contributed by atoms with Gasteiger partial charge in [0.25, 0.3) is 0 Å². The first kappa shape index (κ1) is 32.3. The Morgan fingerprint density at radius 1 is 0.375 bits per heavy atom. The Kier molecular flexibility index (Phi) is 7.68. The zero-order chi connectivity index (χ0) is 37.0. The maximum atomic E-state index is 5.32. The van der Waals surface area contributed by atoms with E-state index in [1.807, 2.05) is 23.5 Å². The normalized spacial score (nSPS) is 11.6. The van der Waals surface area contributed by atoms with Crippen molar-refractivity contribution in [1.82, 2.24) is 14.5 Å². The third-order valence-electron chi connectivity index (χ3n) is 10.8. The monoisotopic (exact) mass is 731 g/mol. The van der Waals surface area contributed by atoms with Gasteiger partial charge in [0.1, 0.15) is 0 Å². The molecule has 8 aromatic carbocycles. The van der Waals surface area contributed by atoms with E-state index in [4.69, 9.17) is 9.97 Å². The number of aromatic nitrogens is 3. The second-order valence-electron chi connectivity index (χ2n) is 14.2. The molecule has 0 saturated heterocycles. The van der Waals surface area contributed by atoms with E-state index in [1.165, 1.54) is 58.7 Å². The number of para-hydroxylation sites is 2. The number of hydrogen-bond donors (Lipinski definition) is 0. The van der Waals surface area contributed by atoms with Crippen LogP contribution in [0.5, 0.6) is 0 Å². The van der Waals surface area contributed by atoms with E-state index in [-0.39, 0.29) is 0 Å². The zero-order valence-corrected chi connectivity index (χ0v) is 31.1. The summed E-state index contributed by atoms with van der Waals surface area (Å²) < 4.78 is 4.85. The lowest BCUT2D eigenvalue weighted by Gasteiger charge is -2.11. The van der Waals surface area contributed by atoms with E-state index < -0.39 is 0 Å². The van der Waals surface area contributed by atoms with Gasteiger partial charge in [-0.25, -0.2) is 9.97 Å². The SMILES string of the molecule is c1ccc(-c2cccc(-c3nc(-c4ccccc4)cc(-c4cccc5c4sc4cccc(-c6ccc7c(c6)c6ccccc6n7-c6ccccc6)c45)n3)c2)cc1. The molecule has 262 valence electrons. The van der Waals surface area contributed by atoms with E-state index in [0.717, 1.165) is 39.3 Å². The lowest BCUT2D eigenvalue weighted by Crippen LogP contribution is -1.96. The van der Waals surface area contributed by atoms with Crippen molar-refractivity contribution in [2.24, 2.45) is 0 Å². The van der Waals surface area contributed by atoms with Crippen molar-refractivity contribution in [3.63, 3.8) is 0 Å². The first-order valence-corrected chi connectivity index (χ1v) is 19.7. The van der Waals surface area contributed by atoms with Gasteiger partial charge >= 0.3 is 0 Å². The maximum absolute atomic E-state index is 5.32. The summed E-state index contributed by atoms with van der Waals surface area (Å²) in [6.45, 7) is 0. The molecule has 56 heavy (non-hydrogen) atoms. The molecular weight excluding hydrogens is 699 g/mol. The van der Waals surface area contributed by atoms with Crippen LogP contribution in [-0.4, -0.2) is 14.5 Å². The topological polar surface area (TPSA) is 30.7 Å². The highest BCUT2D eigenvalue weighted by Crippen LogP contribution is 2.45. The van der Waals surface area contributed by atoms with Crippen LogP contribution in [0.3, 0.4) is 0 Å². The number of benzene rings is 8. The van der Waals surface area contributed by atoms with Crippen molar-refractivity contribution in [3.8, 4) is 61.8 Å². The molecule has 0 saturated carbocycles. The Bertz CT molecular complexity index is 3240. The summed E-state index contributed by atoms with van der Waals surface area (Å²) in [7, 11) is 0. The van der Waals surface area contributed by atoms with Crippen LogP contribution in [0.2, 0.25) is 0 Å². The molecule has 11 aromatic rings. The average molecular weight is 732 g/mol. The highest BCUT2D eigenvalue weighted by molar-refractivity contribution is 7.26. The summed E-state index contributed by atoms with van der Waals surface area (Å²) in [4.78, 5) is 10.5. The van der Waals surface area contributed by atoms with Crippen LogP contribution in [0, 0.1) is 0 Å². The van der Waals surface area contributed by atoms with E-state index in [9.17, 15) is 0 Å². The average Bonchev–Trinajstić information content (AvgIpc) is 3.83. The molecule has 11 rings (SSSR count). The van der Waals surface area contributed by atoms with E-state index in [2.05, 4.69) is 193 Å². The van der Waals surface area contributed by atoms with Gasteiger partial charge < -0.3 is 4.57 Å². The highest BCUT2D eigenvalue weighted by atomic mass is 32.1. The molecular formula is C52H33N3S. The molecule has 0 unspecified atom stereocenters. The summed E-state index contributed by atoms with van der Waals surface area (Å²) in [6.07, 6.45) is 0. The van der Waals surface area contributed by atoms with Crippen LogP contribution >= 0.6 is 11.3 Å². The molecule has 0 N–H and O–H groups in total. The lowest BCUT2D eigenvalue weighted by molar-refractivity contribution is 1.18. The van der Waals surface area contributed by atoms with Gasteiger partial charge in [0, 0.05) is 53.3 Å². The molecule has 0 aliphatic rings. The molecule has 0 amide bonds. The smallest absolute Gasteiger partial charge is 0.160 e. The Morgan fingerprint density at radius 3 is 1.84 bits per heavy atom. The Hall–Kier alpha value is -7.14. The van der Waals surface area contributed by atoms with Crippen LogP contribution < -0.4 is 0 Å². The largest absolute Gasteiger partial charge is 0.309 e. The van der Waals surface area contributed by atoms with Crippen molar-refractivity contribution < 1.29 is 0 Å². The standard InChI is InChI=1S/C52H33N3S/c1-4-15-34(16-5-1)36-19-12-20-38(31-36)52-53-45(35-17-6-2-7-18-35)33-46(54-52)42-25-13-26-43-50-40(24-14-28-49(50)56-51(42)43)37-29-30-48-44(32-37)41-23-10-11-27-47(41)55(48)39-21-8-3-9-22-39/h1-33H. The molecule has 0 radical (unpaired) electrons. The Morgan fingerprint density at radius 2 is 1.00 bits per heavy atom. The predicted octanol–water partition coefficient (Wildman–Crippen LogP) is 14.3. The van der Waals surface area contributed by atoms with Gasteiger partial charge in [-0.15, -0.1) is 11.3 Å². The molecule has 0 fully saturated rings. The number of hydrogen-bond acceptors (Lipinski definition) is 3. The Balaban J connectivity index is 1.09. The fourth-order valence-electron chi connectivity index (χ4n) is 8.23. The fraction of sp³-hybridized carbons (Fsp3) is 0. The van der Waals surface area contributed by atoms with Crippen molar-refractivity contribution in [3.05, 3.63) is 200 Å². The minimum absolute atomic E-state index is 0.709. The maximum Gasteiger partial charge on any atom is 0.160 e. The van der Waals surface area contributed by atoms with Gasteiger partial charge in [-0.2, -0.15) is 0 Å². The zero-order valence-electron chi connectivity index (χ0n) is 30.3. The lowest BCUT2D eigenvalue weighted by atomic mass is 9.97. The van der Waals surface area contributed by atoms with Gasteiger partial charge in [-0.05, 0) is 70.8 Å². The molecule has 0 aliphatic heterocycles. The summed E-state index contributed by atoms with van der Waals surface area (Å²) in [5.41, 5.74) is 13.3. The summed E-state index contributed by atoms with van der Waals surface area (Å²) in [5, 5.41) is 5.00. The molecule has 3 nitrogen and oxygen atoms in total. The summed E-state index contributed by atoms with van der Waals surface area (Å²) >= 11 is 1.84. The minimum Gasteiger partial charge on any atom is -0.309 e. The Labute approximate surface area is 328 Å². The molecule has 0 aliphatic carbocycles. The van der Waals surface area contributed by atoms with Crippen molar-refractivity contribution in [2.75, 3.05) is 0 Å². The van der Waals surface area contributed by atoms with Crippen molar-refractivity contribution >= 4 is 53.3 Å². The number of fused-ring (bicyclic) bond motifs is 6. The second kappa shape index (κ2) is 13.3. The summed E-state index contributed by atoms with van der Waals surface area (Å²) in [6, 6.07) is 71.3.